The van der Waals surface area contributed by atoms with Crippen LogP contribution in [0.3, 0.4) is 0 Å². The van der Waals surface area contributed by atoms with Crippen LogP contribution in [-0.4, -0.2) is 35.9 Å². The summed E-state index contributed by atoms with van der Waals surface area (Å²) in [5, 5.41) is 3.41. The average Bonchev–Trinajstić information content (AvgIpc) is 2.62. The summed E-state index contributed by atoms with van der Waals surface area (Å²) < 4.78 is 13.0. The van der Waals surface area contributed by atoms with E-state index >= 15 is 0 Å². The quantitative estimate of drug-likeness (QED) is 0.677. The minimum atomic E-state index is -0.332. The second-order valence-corrected chi connectivity index (χ2v) is 6.10. The average molecular weight is 349 g/mol. The third kappa shape index (κ3) is 3.33. The molecule has 7 heteroatoms. The Hall–Kier alpha value is -2.21. The first kappa shape index (κ1) is 16.6. The molecule has 0 saturated carbocycles. The standard InChI is InChI=1S/C17H18ClFN4O/c1-20-14-16(18)21-10-22-17(14)23-8-6-12(7-9-23)15(24)11-2-4-13(19)5-3-11/h2-5,10,12,20H,6-9H2,1H3. The second kappa shape index (κ2) is 7.13. The zero-order valence-corrected chi connectivity index (χ0v) is 14.1. The summed E-state index contributed by atoms with van der Waals surface area (Å²) in [6.45, 7) is 1.42. The molecule has 126 valence electrons. The minimum absolute atomic E-state index is 0.0537. The number of carbonyl (C=O) groups is 1. The Morgan fingerprint density at radius 2 is 1.92 bits per heavy atom. The van der Waals surface area contributed by atoms with Crippen LogP contribution in [0, 0.1) is 11.7 Å². The molecule has 0 unspecified atom stereocenters. The molecule has 3 rings (SSSR count). The smallest absolute Gasteiger partial charge is 0.166 e. The summed E-state index contributed by atoms with van der Waals surface area (Å²) in [5.41, 5.74) is 1.26. The predicted octanol–water partition coefficient (Wildman–Crippen LogP) is 3.41. The van der Waals surface area contributed by atoms with Crippen molar-refractivity contribution >= 4 is 28.9 Å². The Bertz CT molecular complexity index is 730. The number of nitrogens with zero attached hydrogens (tertiary/aromatic N) is 3. The van der Waals surface area contributed by atoms with Gasteiger partial charge in [-0.1, -0.05) is 11.6 Å². The van der Waals surface area contributed by atoms with E-state index in [2.05, 4.69) is 20.2 Å². The number of hydrogen-bond donors (Lipinski definition) is 1. The normalized spacial score (nSPS) is 15.4. The van der Waals surface area contributed by atoms with Gasteiger partial charge in [-0.3, -0.25) is 4.79 Å². The molecule has 1 aromatic heterocycles. The third-order valence-electron chi connectivity index (χ3n) is 4.33. The molecule has 1 N–H and O–H groups in total. The zero-order chi connectivity index (χ0) is 17.1. The number of nitrogens with one attached hydrogen (secondary N) is 1. The molecule has 1 aromatic carbocycles. The van der Waals surface area contributed by atoms with Crippen molar-refractivity contribution in [1.29, 1.82) is 0 Å². The number of halogens is 2. The molecule has 2 aromatic rings. The first-order valence-corrected chi connectivity index (χ1v) is 8.21. The molecule has 1 saturated heterocycles. The van der Waals surface area contributed by atoms with Gasteiger partial charge in [-0.25, -0.2) is 14.4 Å². The predicted molar refractivity (Wildman–Crippen MR) is 92.3 cm³/mol. The van der Waals surface area contributed by atoms with Gasteiger partial charge < -0.3 is 10.2 Å². The van der Waals surface area contributed by atoms with Crippen LogP contribution in [0.5, 0.6) is 0 Å². The maximum Gasteiger partial charge on any atom is 0.166 e. The molecule has 0 aliphatic carbocycles. The lowest BCUT2D eigenvalue weighted by molar-refractivity contribution is 0.0900. The van der Waals surface area contributed by atoms with Gasteiger partial charge in [0.15, 0.2) is 16.8 Å². The van der Waals surface area contributed by atoms with Crippen molar-refractivity contribution in [2.75, 3.05) is 30.4 Å². The zero-order valence-electron chi connectivity index (χ0n) is 13.3. The number of anilines is 2. The van der Waals surface area contributed by atoms with Gasteiger partial charge in [0.2, 0.25) is 0 Å². The van der Waals surface area contributed by atoms with Crippen molar-refractivity contribution in [3.05, 3.63) is 47.1 Å². The third-order valence-corrected chi connectivity index (χ3v) is 4.61. The lowest BCUT2D eigenvalue weighted by Crippen LogP contribution is -2.37. The van der Waals surface area contributed by atoms with Crippen LogP contribution in [0.4, 0.5) is 15.9 Å². The van der Waals surface area contributed by atoms with Crippen molar-refractivity contribution in [2.45, 2.75) is 12.8 Å². The summed E-state index contributed by atoms with van der Waals surface area (Å²) in [6, 6.07) is 5.75. The second-order valence-electron chi connectivity index (χ2n) is 5.75. The van der Waals surface area contributed by atoms with Crippen LogP contribution in [0.25, 0.3) is 0 Å². The van der Waals surface area contributed by atoms with E-state index in [-0.39, 0.29) is 17.5 Å². The van der Waals surface area contributed by atoms with Gasteiger partial charge in [-0.05, 0) is 37.1 Å². The molecule has 1 aliphatic rings. The Morgan fingerprint density at radius 1 is 1.25 bits per heavy atom. The fourth-order valence-corrected chi connectivity index (χ4v) is 3.24. The largest absolute Gasteiger partial charge is 0.383 e. The van der Waals surface area contributed by atoms with Gasteiger partial charge in [-0.2, -0.15) is 0 Å². The van der Waals surface area contributed by atoms with Gasteiger partial charge in [0, 0.05) is 31.6 Å². The summed E-state index contributed by atoms with van der Waals surface area (Å²) in [6.07, 6.45) is 2.89. The molecule has 24 heavy (non-hydrogen) atoms. The van der Waals surface area contributed by atoms with Gasteiger partial charge in [-0.15, -0.1) is 0 Å². The summed E-state index contributed by atoms with van der Waals surface area (Å²) in [4.78, 5) is 22.9. The maximum atomic E-state index is 13.0. The van der Waals surface area contributed by atoms with Crippen LogP contribution in [0.1, 0.15) is 23.2 Å². The van der Waals surface area contributed by atoms with Crippen LogP contribution in [0.15, 0.2) is 30.6 Å². The van der Waals surface area contributed by atoms with E-state index in [0.29, 0.717) is 29.5 Å². The molecule has 5 nitrogen and oxygen atoms in total. The molecule has 0 bridgehead atoms. The maximum absolute atomic E-state index is 13.0. The number of ketones is 1. The monoisotopic (exact) mass is 348 g/mol. The van der Waals surface area contributed by atoms with Crippen molar-refractivity contribution in [1.82, 2.24) is 9.97 Å². The SMILES string of the molecule is CNc1c(Cl)ncnc1N1CCC(C(=O)c2ccc(F)cc2)CC1. The number of aromatic nitrogens is 2. The fourth-order valence-electron chi connectivity index (χ4n) is 3.01. The van der Waals surface area contributed by atoms with Crippen molar-refractivity contribution in [3.63, 3.8) is 0 Å². The minimum Gasteiger partial charge on any atom is -0.383 e. The Morgan fingerprint density at radius 3 is 2.54 bits per heavy atom. The highest BCUT2D eigenvalue weighted by molar-refractivity contribution is 6.32. The molecule has 2 heterocycles. The van der Waals surface area contributed by atoms with Gasteiger partial charge in [0.25, 0.3) is 0 Å². The lowest BCUT2D eigenvalue weighted by atomic mass is 9.89. The highest BCUT2D eigenvalue weighted by Crippen LogP contribution is 2.32. The van der Waals surface area contributed by atoms with Crippen LogP contribution < -0.4 is 10.2 Å². The van der Waals surface area contributed by atoms with E-state index in [4.69, 9.17) is 11.6 Å². The van der Waals surface area contributed by atoms with E-state index in [1.165, 1.54) is 18.5 Å². The number of piperidine rings is 1. The molecular formula is C17H18ClFN4O. The van der Waals surface area contributed by atoms with E-state index in [9.17, 15) is 9.18 Å². The molecule has 0 atom stereocenters. The molecule has 1 fully saturated rings. The number of Topliss-reactive ketones (excluding diaryl/α,β-unsaturated/α-hetero) is 1. The van der Waals surface area contributed by atoms with Crippen LogP contribution >= 0.6 is 11.6 Å². The van der Waals surface area contributed by atoms with Gasteiger partial charge >= 0.3 is 0 Å². The summed E-state index contributed by atoms with van der Waals surface area (Å²) in [7, 11) is 1.78. The van der Waals surface area contributed by atoms with Crippen molar-refractivity contribution < 1.29 is 9.18 Å². The first-order chi connectivity index (χ1) is 11.6. The van der Waals surface area contributed by atoms with Gasteiger partial charge in [0.05, 0.1) is 0 Å². The van der Waals surface area contributed by atoms with Gasteiger partial charge in [0.1, 0.15) is 17.8 Å². The Kier molecular flexibility index (Phi) is 4.94. The van der Waals surface area contributed by atoms with E-state index in [0.717, 1.165) is 18.7 Å². The van der Waals surface area contributed by atoms with E-state index in [1.807, 2.05) is 0 Å². The Balaban J connectivity index is 1.69. The number of carbonyl (C=O) groups excluding carboxylic acids is 1. The van der Waals surface area contributed by atoms with E-state index in [1.54, 1.807) is 19.2 Å². The van der Waals surface area contributed by atoms with Crippen molar-refractivity contribution in [3.8, 4) is 0 Å². The topological polar surface area (TPSA) is 58.1 Å². The summed E-state index contributed by atoms with van der Waals surface area (Å²) >= 11 is 6.10. The number of benzene rings is 1. The van der Waals surface area contributed by atoms with Crippen molar-refractivity contribution in [2.24, 2.45) is 5.92 Å². The van der Waals surface area contributed by atoms with Crippen LogP contribution in [-0.2, 0) is 0 Å². The van der Waals surface area contributed by atoms with E-state index < -0.39 is 0 Å². The molecule has 0 amide bonds. The van der Waals surface area contributed by atoms with Crippen LogP contribution in [0.2, 0.25) is 5.15 Å². The first-order valence-electron chi connectivity index (χ1n) is 7.83. The molecular weight excluding hydrogens is 331 g/mol. The lowest BCUT2D eigenvalue weighted by Gasteiger charge is -2.33. The summed E-state index contributed by atoms with van der Waals surface area (Å²) in [5.74, 6) is 0.443. The number of rotatable bonds is 4. The highest BCUT2D eigenvalue weighted by Gasteiger charge is 2.27. The number of hydrogen-bond acceptors (Lipinski definition) is 5. The Labute approximate surface area is 144 Å². The molecule has 0 spiro atoms. The molecule has 1 aliphatic heterocycles. The molecule has 0 radical (unpaired) electrons. The highest BCUT2D eigenvalue weighted by atomic mass is 35.5. The fraction of sp³-hybridized carbons (Fsp3) is 0.353.